The van der Waals surface area contributed by atoms with Crippen LogP contribution in [0.4, 0.5) is 18.9 Å². The van der Waals surface area contributed by atoms with Gasteiger partial charge >= 0.3 is 6.61 Å². The molecular weight excluding hydrogens is 381 g/mol. The second kappa shape index (κ2) is 9.60. The average Bonchev–Trinajstić information content (AvgIpc) is 2.72. The Balaban J connectivity index is 1.64. The van der Waals surface area contributed by atoms with Crippen molar-refractivity contribution in [3.63, 3.8) is 0 Å². The van der Waals surface area contributed by atoms with Crippen LogP contribution in [0.2, 0.25) is 0 Å². The van der Waals surface area contributed by atoms with Crippen molar-refractivity contribution >= 4 is 17.5 Å². The number of carbonyl (C=O) groups is 1. The second-order valence-corrected chi connectivity index (χ2v) is 6.73. The summed E-state index contributed by atoms with van der Waals surface area (Å²) >= 11 is 0. The van der Waals surface area contributed by atoms with Gasteiger partial charge in [0.2, 0.25) is 0 Å². The minimum absolute atomic E-state index is 0.0425. The Bertz CT molecular complexity index is 861. The van der Waals surface area contributed by atoms with Crippen LogP contribution < -0.4 is 9.64 Å². The van der Waals surface area contributed by atoms with Crippen molar-refractivity contribution in [2.24, 2.45) is 0 Å². The molecule has 0 N–H and O–H groups in total. The Morgan fingerprint density at radius 3 is 2.38 bits per heavy atom. The van der Waals surface area contributed by atoms with Crippen LogP contribution in [-0.4, -0.2) is 50.0 Å². The van der Waals surface area contributed by atoms with Crippen LogP contribution in [0, 0.1) is 5.82 Å². The third-order valence-corrected chi connectivity index (χ3v) is 4.92. The lowest BCUT2D eigenvalue weighted by Gasteiger charge is -2.35. The van der Waals surface area contributed by atoms with E-state index in [1.807, 2.05) is 4.90 Å². The lowest BCUT2D eigenvalue weighted by atomic mass is 10.1. The topological polar surface area (TPSA) is 32.8 Å². The zero-order valence-corrected chi connectivity index (χ0v) is 16.2. The monoisotopic (exact) mass is 404 g/mol. The van der Waals surface area contributed by atoms with E-state index in [0.717, 1.165) is 32.7 Å². The van der Waals surface area contributed by atoms with E-state index in [1.165, 1.54) is 24.3 Å². The highest BCUT2D eigenvalue weighted by Gasteiger charge is 2.19. The van der Waals surface area contributed by atoms with Gasteiger partial charge in [-0.3, -0.25) is 4.79 Å². The first-order valence-corrected chi connectivity index (χ1v) is 9.50. The van der Waals surface area contributed by atoms with E-state index in [2.05, 4.69) is 16.6 Å². The number of ether oxygens (including phenoxy) is 1. The number of benzene rings is 2. The molecule has 7 heteroatoms. The number of ketones is 1. The summed E-state index contributed by atoms with van der Waals surface area (Å²) in [7, 11) is 0. The molecule has 0 atom stereocenters. The third-order valence-electron chi connectivity index (χ3n) is 4.92. The van der Waals surface area contributed by atoms with Crippen molar-refractivity contribution in [3.8, 4) is 5.75 Å². The van der Waals surface area contributed by atoms with E-state index in [9.17, 15) is 18.0 Å². The molecule has 4 nitrogen and oxygen atoms in total. The summed E-state index contributed by atoms with van der Waals surface area (Å²) in [4.78, 5) is 16.7. The number of carbonyl (C=O) groups excluding carboxylic acids is 1. The minimum atomic E-state index is -2.88. The molecule has 0 amide bonds. The fraction of sp³-hybridized carbons (Fsp3) is 0.318. The summed E-state index contributed by atoms with van der Waals surface area (Å²) in [5.74, 6) is -0.706. The molecule has 0 bridgehead atoms. The van der Waals surface area contributed by atoms with Gasteiger partial charge in [0.05, 0.1) is 5.69 Å². The van der Waals surface area contributed by atoms with Gasteiger partial charge in [-0.25, -0.2) is 4.39 Å². The highest BCUT2D eigenvalue weighted by molar-refractivity contribution is 6.07. The van der Waals surface area contributed by atoms with E-state index in [-0.39, 0.29) is 17.1 Å². The maximum Gasteiger partial charge on any atom is 0.387 e. The molecule has 29 heavy (non-hydrogen) atoms. The molecule has 2 aromatic rings. The van der Waals surface area contributed by atoms with Crippen molar-refractivity contribution in [3.05, 3.63) is 65.5 Å². The van der Waals surface area contributed by atoms with E-state index < -0.39 is 12.4 Å². The maximum atomic E-state index is 14.6. The Labute approximate surface area is 168 Å². The molecular formula is C22H23F3N2O2. The summed E-state index contributed by atoms with van der Waals surface area (Å²) in [6.45, 7) is 3.49. The quantitative estimate of drug-likeness (QED) is 0.504. The van der Waals surface area contributed by atoms with Gasteiger partial charge in [0, 0.05) is 31.7 Å². The Kier molecular flexibility index (Phi) is 6.93. The Morgan fingerprint density at radius 1 is 1.10 bits per heavy atom. The van der Waals surface area contributed by atoms with Crippen LogP contribution in [0.15, 0.2) is 48.5 Å². The Hall–Kier alpha value is -2.80. The average molecular weight is 404 g/mol. The number of likely N-dealkylation sites (N-methyl/N-ethyl adjacent to an activating group) is 1. The standard InChI is InChI=1S/C22H23F3N2O2/c1-2-26-11-13-27(14-12-26)20-9-6-17(15-19(20)23)21(28)10-5-16-3-7-18(8-4-16)29-22(24)25/h3-10,15,22H,2,11-14H2,1H3. The maximum absolute atomic E-state index is 14.6. The third kappa shape index (κ3) is 5.60. The van der Waals surface area contributed by atoms with E-state index >= 15 is 0 Å². The number of allylic oxidation sites excluding steroid dienone is 1. The highest BCUT2D eigenvalue weighted by atomic mass is 19.3. The molecule has 0 radical (unpaired) electrons. The normalized spacial score (nSPS) is 15.3. The molecule has 0 aliphatic carbocycles. The first kappa shape index (κ1) is 20.9. The molecule has 1 saturated heterocycles. The smallest absolute Gasteiger partial charge is 0.387 e. The van der Waals surface area contributed by atoms with Crippen molar-refractivity contribution in [2.45, 2.75) is 13.5 Å². The van der Waals surface area contributed by atoms with Crippen LogP contribution in [0.5, 0.6) is 5.75 Å². The predicted molar refractivity (Wildman–Crippen MR) is 107 cm³/mol. The van der Waals surface area contributed by atoms with E-state index in [4.69, 9.17) is 0 Å². The van der Waals surface area contributed by atoms with Gasteiger partial charge in [-0.2, -0.15) is 8.78 Å². The van der Waals surface area contributed by atoms with Gasteiger partial charge in [0.25, 0.3) is 0 Å². The summed E-state index contributed by atoms with van der Waals surface area (Å²) in [5.41, 5.74) is 1.41. The summed E-state index contributed by atoms with van der Waals surface area (Å²) in [6, 6.07) is 10.4. The fourth-order valence-corrected chi connectivity index (χ4v) is 3.25. The highest BCUT2D eigenvalue weighted by Crippen LogP contribution is 2.23. The summed E-state index contributed by atoms with van der Waals surface area (Å²) < 4.78 is 43.2. The number of halogens is 3. The van der Waals surface area contributed by atoms with Crippen molar-refractivity contribution in [1.82, 2.24) is 4.90 Å². The largest absolute Gasteiger partial charge is 0.435 e. The molecule has 1 heterocycles. The lowest BCUT2D eigenvalue weighted by molar-refractivity contribution is -0.0498. The van der Waals surface area contributed by atoms with E-state index in [1.54, 1.807) is 30.3 Å². The molecule has 154 valence electrons. The number of alkyl halides is 2. The molecule has 0 aromatic heterocycles. The van der Waals surface area contributed by atoms with E-state index in [0.29, 0.717) is 11.3 Å². The number of rotatable bonds is 7. The number of anilines is 1. The first-order chi connectivity index (χ1) is 14.0. The molecule has 1 aliphatic heterocycles. The van der Waals surface area contributed by atoms with Crippen molar-refractivity contribution in [1.29, 1.82) is 0 Å². The van der Waals surface area contributed by atoms with Gasteiger partial charge in [0.1, 0.15) is 11.6 Å². The zero-order valence-electron chi connectivity index (χ0n) is 16.2. The molecule has 0 spiro atoms. The molecule has 0 unspecified atom stereocenters. The van der Waals surface area contributed by atoms with Crippen LogP contribution >= 0.6 is 0 Å². The van der Waals surface area contributed by atoms with Gasteiger partial charge < -0.3 is 14.5 Å². The van der Waals surface area contributed by atoms with Crippen LogP contribution in [0.25, 0.3) is 6.08 Å². The minimum Gasteiger partial charge on any atom is -0.435 e. The molecule has 2 aromatic carbocycles. The molecule has 0 saturated carbocycles. The number of hydrogen-bond acceptors (Lipinski definition) is 4. The first-order valence-electron chi connectivity index (χ1n) is 9.50. The molecule has 1 fully saturated rings. The van der Waals surface area contributed by atoms with Crippen molar-refractivity contribution < 1.29 is 22.7 Å². The predicted octanol–water partition coefficient (Wildman–Crippen LogP) is 4.47. The van der Waals surface area contributed by atoms with Crippen LogP contribution in [0.1, 0.15) is 22.8 Å². The summed E-state index contributed by atoms with van der Waals surface area (Å²) in [6.07, 6.45) is 2.88. The van der Waals surface area contributed by atoms with Gasteiger partial charge in [-0.05, 0) is 48.5 Å². The van der Waals surface area contributed by atoms with Gasteiger partial charge in [-0.15, -0.1) is 0 Å². The summed E-state index contributed by atoms with van der Waals surface area (Å²) in [5, 5.41) is 0. The van der Waals surface area contributed by atoms with Crippen LogP contribution in [0.3, 0.4) is 0 Å². The molecule has 1 aliphatic rings. The van der Waals surface area contributed by atoms with Crippen LogP contribution in [-0.2, 0) is 0 Å². The van der Waals surface area contributed by atoms with Gasteiger partial charge in [0.15, 0.2) is 5.78 Å². The zero-order chi connectivity index (χ0) is 20.8. The number of nitrogens with zero attached hydrogens (tertiary/aromatic N) is 2. The Morgan fingerprint density at radius 2 is 1.79 bits per heavy atom. The van der Waals surface area contributed by atoms with Crippen molar-refractivity contribution in [2.75, 3.05) is 37.6 Å². The SMILES string of the molecule is CCN1CCN(c2ccc(C(=O)C=Cc3ccc(OC(F)F)cc3)cc2F)CC1. The fourth-order valence-electron chi connectivity index (χ4n) is 3.25. The number of hydrogen-bond donors (Lipinski definition) is 0. The van der Waals surface area contributed by atoms with Gasteiger partial charge in [-0.1, -0.05) is 25.1 Å². The molecule has 3 rings (SSSR count). The second-order valence-electron chi connectivity index (χ2n) is 6.73. The lowest BCUT2D eigenvalue weighted by Crippen LogP contribution is -2.46. The number of piperazine rings is 1.